The molecule has 0 unspecified atom stereocenters. The molecule has 4 saturated heterocycles. The summed E-state index contributed by atoms with van der Waals surface area (Å²) >= 11 is 5.87. The predicted molar refractivity (Wildman–Crippen MR) is 215 cm³/mol. The normalized spacial score (nSPS) is 27.9. The van der Waals surface area contributed by atoms with Gasteiger partial charge in [-0.1, -0.05) is 48.4 Å². The monoisotopic (exact) mass is 873 g/mol. The smallest absolute Gasteiger partial charge is 0.329 e. The van der Waals surface area contributed by atoms with E-state index in [1.54, 1.807) is 18.2 Å². The number of benzene rings is 2. The zero-order valence-corrected chi connectivity index (χ0v) is 35.2. The van der Waals surface area contributed by atoms with Crippen LogP contribution in [0.15, 0.2) is 42.5 Å². The molecule has 4 aliphatic heterocycles. The van der Waals surface area contributed by atoms with Crippen LogP contribution < -0.4 is 21.3 Å². The highest BCUT2D eigenvalue weighted by atomic mass is 35.5. The quantitative estimate of drug-likeness (QED) is 0.305. The Labute approximate surface area is 352 Å². The lowest BCUT2D eigenvalue weighted by molar-refractivity contribution is -0.163. The third-order valence-electron chi connectivity index (χ3n) is 11.3. The third-order valence-corrected chi connectivity index (χ3v) is 13.2. The Morgan fingerprint density at radius 3 is 2.40 bits per heavy atom. The number of amides is 7. The average Bonchev–Trinajstić information content (AvgIpc) is 3.83. The van der Waals surface area contributed by atoms with E-state index in [1.165, 1.54) is 35.8 Å². The number of carbonyl (C=O) groups is 7. The third kappa shape index (κ3) is 10.00. The molecule has 2 aromatic rings. The molecule has 0 aromatic heterocycles. The maximum atomic E-state index is 14.7. The molecule has 4 fully saturated rings. The lowest BCUT2D eigenvalue weighted by atomic mass is 10.0. The number of nitrogens with one attached hydrogen (secondary N) is 4. The molecule has 7 amide bonds. The van der Waals surface area contributed by atoms with Gasteiger partial charge in [-0.05, 0) is 69.7 Å². The zero-order chi connectivity index (χ0) is 43.6. The van der Waals surface area contributed by atoms with E-state index in [0.717, 1.165) is 16.5 Å². The first-order chi connectivity index (χ1) is 28.3. The number of sulfone groups is 1. The van der Waals surface area contributed by atoms with Crippen LogP contribution >= 0.6 is 11.6 Å². The molecular weight excluding hydrogens is 825 g/mol. The number of anilines is 1. The molecule has 0 radical (unpaired) electrons. The van der Waals surface area contributed by atoms with Gasteiger partial charge in [-0.2, -0.15) is 0 Å². The second kappa shape index (κ2) is 18.1. The van der Waals surface area contributed by atoms with E-state index in [4.69, 9.17) is 16.3 Å². The average molecular weight is 874 g/mol. The molecule has 0 bridgehead atoms. The maximum absolute atomic E-state index is 14.7. The van der Waals surface area contributed by atoms with Gasteiger partial charge in [0.15, 0.2) is 9.84 Å². The molecule has 0 spiro atoms. The predicted octanol–water partition coefficient (Wildman–Crippen LogP) is 1.31. The summed E-state index contributed by atoms with van der Waals surface area (Å²) in [6.45, 7) is 6.25. The van der Waals surface area contributed by atoms with Crippen molar-refractivity contribution in [3.05, 3.63) is 64.4 Å². The van der Waals surface area contributed by atoms with E-state index in [-0.39, 0.29) is 55.5 Å². The van der Waals surface area contributed by atoms with Crippen molar-refractivity contribution in [2.45, 2.75) is 95.7 Å². The van der Waals surface area contributed by atoms with Crippen molar-refractivity contribution in [2.24, 2.45) is 5.92 Å². The van der Waals surface area contributed by atoms with E-state index >= 15 is 0 Å². The molecule has 0 aliphatic carbocycles. The second-order valence-corrected chi connectivity index (χ2v) is 18.7. The molecule has 8 atom stereocenters. The summed E-state index contributed by atoms with van der Waals surface area (Å²) in [4.78, 5) is 102. The SMILES string of the molecule is Cc1cccc(C[C@H](NC(=O)Nc2ccc(Cl)cc2F)C(=O)N[C@@H]2C(=O)N3CCC[C@H]3C(=O)N3CCS(=O)(=O)C[C@H]3C(=O)N[C@@H](C)C(=O)N3C[C@H](C)C[C@H]3C(=O)O[C@H]2C)c1. The standard InChI is InChI=1S/C40H49ClFN7O10S/c1-21-7-5-8-25(15-21)17-29(45-40(56)44-28-11-10-26(41)18-27(28)42)34(50)46-33-24(4)59-39(55)31-16-22(2)19-49(31)36(52)23(3)43-35(51)32-20-60(57,58)14-13-48(32)37(53)30-9-6-12-47(30)38(33)54/h5,7-8,10-11,15,18,22-24,29-33H,6,9,12-14,16-17,19-20H2,1-4H3,(H,43,51)(H,46,50)(H2,44,45,56)/t22-,23+,24+,29+,30+,31+,32+,33+/m1/s1. The number of cyclic esters (lactones) is 1. The maximum Gasteiger partial charge on any atom is 0.329 e. The lowest BCUT2D eigenvalue weighted by Gasteiger charge is -2.39. The van der Waals surface area contributed by atoms with Gasteiger partial charge in [0.05, 0.1) is 17.2 Å². The van der Waals surface area contributed by atoms with Gasteiger partial charge in [-0.25, -0.2) is 22.4 Å². The Kier molecular flexibility index (Phi) is 13.4. The van der Waals surface area contributed by atoms with Gasteiger partial charge < -0.3 is 40.7 Å². The summed E-state index contributed by atoms with van der Waals surface area (Å²) in [6, 6.07) is 1.66. The Morgan fingerprint density at radius 2 is 1.68 bits per heavy atom. The molecule has 17 nitrogen and oxygen atoms in total. The number of fused-ring (bicyclic) bond motifs is 3. The summed E-state index contributed by atoms with van der Waals surface area (Å²) < 4.78 is 46.2. The number of carbonyl (C=O) groups excluding carboxylic acids is 7. The molecule has 4 N–H and O–H groups in total. The molecule has 4 heterocycles. The molecule has 0 saturated carbocycles. The van der Waals surface area contributed by atoms with Crippen molar-refractivity contribution in [2.75, 3.05) is 36.5 Å². The fraction of sp³-hybridized carbons (Fsp3) is 0.525. The topological polar surface area (TPSA) is 221 Å². The van der Waals surface area contributed by atoms with Gasteiger partial charge in [0.1, 0.15) is 48.2 Å². The molecule has 20 heteroatoms. The van der Waals surface area contributed by atoms with Gasteiger partial charge in [-0.3, -0.25) is 24.0 Å². The molecule has 2 aromatic carbocycles. The number of urea groups is 1. The summed E-state index contributed by atoms with van der Waals surface area (Å²) in [5.41, 5.74) is 1.25. The van der Waals surface area contributed by atoms with Crippen LogP contribution in [0.25, 0.3) is 0 Å². The van der Waals surface area contributed by atoms with Crippen LogP contribution in [0.3, 0.4) is 0 Å². The first kappa shape index (κ1) is 44.3. The summed E-state index contributed by atoms with van der Waals surface area (Å²) in [5, 5.41) is 10.2. The van der Waals surface area contributed by atoms with Crippen molar-refractivity contribution in [1.82, 2.24) is 30.7 Å². The minimum Gasteiger partial charge on any atom is -0.458 e. The molecule has 60 heavy (non-hydrogen) atoms. The van der Waals surface area contributed by atoms with E-state index in [2.05, 4.69) is 21.3 Å². The minimum absolute atomic E-state index is 0.0325. The Bertz CT molecular complexity index is 2180. The lowest BCUT2D eigenvalue weighted by Crippen LogP contribution is -2.64. The largest absolute Gasteiger partial charge is 0.458 e. The van der Waals surface area contributed by atoms with Crippen molar-refractivity contribution in [1.29, 1.82) is 0 Å². The minimum atomic E-state index is -3.78. The first-order valence-corrected chi connectivity index (χ1v) is 22.0. The number of hydrogen-bond donors (Lipinski definition) is 4. The Balaban J connectivity index is 1.35. The van der Waals surface area contributed by atoms with Crippen LogP contribution in [-0.4, -0.2) is 138 Å². The van der Waals surface area contributed by atoms with Gasteiger partial charge in [0, 0.05) is 31.1 Å². The molecular formula is C40H49ClFN7O10S. The van der Waals surface area contributed by atoms with Gasteiger partial charge in [0.25, 0.3) is 0 Å². The number of hydrogen-bond acceptors (Lipinski definition) is 10. The van der Waals surface area contributed by atoms with Crippen molar-refractivity contribution in [3.8, 4) is 0 Å². The number of esters is 1. The van der Waals surface area contributed by atoms with Crippen LogP contribution in [-0.2, 0) is 49.8 Å². The van der Waals surface area contributed by atoms with Crippen molar-refractivity contribution in [3.63, 3.8) is 0 Å². The highest BCUT2D eigenvalue weighted by Gasteiger charge is 2.48. The summed E-state index contributed by atoms with van der Waals surface area (Å²) in [5.74, 6) is -6.94. The first-order valence-electron chi connectivity index (χ1n) is 19.8. The van der Waals surface area contributed by atoms with Gasteiger partial charge in [0.2, 0.25) is 29.5 Å². The Morgan fingerprint density at radius 1 is 0.950 bits per heavy atom. The van der Waals surface area contributed by atoms with Crippen LogP contribution in [0.4, 0.5) is 14.9 Å². The Hall–Kier alpha value is -5.30. The number of rotatable bonds is 6. The number of aryl methyl sites for hydroxylation is 1. The van der Waals surface area contributed by atoms with Gasteiger partial charge >= 0.3 is 12.0 Å². The fourth-order valence-corrected chi connectivity index (χ4v) is 9.85. The highest BCUT2D eigenvalue weighted by molar-refractivity contribution is 7.91. The number of nitrogens with zero attached hydrogens (tertiary/aromatic N) is 3. The molecule has 6 rings (SSSR count). The van der Waals surface area contributed by atoms with E-state index in [9.17, 15) is 46.4 Å². The van der Waals surface area contributed by atoms with Crippen molar-refractivity contribution < 1.29 is 51.1 Å². The highest BCUT2D eigenvalue weighted by Crippen LogP contribution is 2.28. The van der Waals surface area contributed by atoms with E-state index < -0.39 is 111 Å². The van der Waals surface area contributed by atoms with Crippen LogP contribution in [0.2, 0.25) is 5.02 Å². The molecule has 324 valence electrons. The van der Waals surface area contributed by atoms with E-state index in [0.29, 0.717) is 12.0 Å². The number of ether oxygens (including phenoxy) is 1. The van der Waals surface area contributed by atoms with Crippen LogP contribution in [0.1, 0.15) is 51.2 Å². The fourth-order valence-electron chi connectivity index (χ4n) is 8.23. The zero-order valence-electron chi connectivity index (χ0n) is 33.6. The van der Waals surface area contributed by atoms with Crippen LogP contribution in [0, 0.1) is 18.7 Å². The van der Waals surface area contributed by atoms with Crippen LogP contribution in [0.5, 0.6) is 0 Å². The molecule has 4 aliphatic rings. The van der Waals surface area contributed by atoms with E-state index in [1.807, 2.05) is 19.9 Å². The summed E-state index contributed by atoms with van der Waals surface area (Å²) in [6.07, 6.45) is -0.834. The summed E-state index contributed by atoms with van der Waals surface area (Å²) in [7, 11) is -3.78. The van der Waals surface area contributed by atoms with Crippen molar-refractivity contribution >= 4 is 68.7 Å². The van der Waals surface area contributed by atoms with Gasteiger partial charge in [-0.15, -0.1) is 0 Å². The second-order valence-electron chi connectivity index (χ2n) is 16.0. The number of halogens is 2.